The van der Waals surface area contributed by atoms with Crippen molar-refractivity contribution in [1.29, 1.82) is 0 Å². The van der Waals surface area contributed by atoms with Crippen LogP contribution in [0, 0.1) is 5.92 Å². The molecule has 166 valence electrons. The lowest BCUT2D eigenvalue weighted by atomic mass is 10.0. The lowest BCUT2D eigenvalue weighted by Crippen LogP contribution is -2.42. The number of amides is 2. The zero-order chi connectivity index (χ0) is 22.9. The zero-order valence-corrected chi connectivity index (χ0v) is 16.9. The SMILES string of the molecule is COc1ccc(-c2cc(C(=O)NNC(=O)C3CC3c3ccccc3C(F)(F)F)[nH]n2)cc1. The number of methoxy groups -OCH3 is 1. The molecule has 32 heavy (non-hydrogen) atoms. The van der Waals surface area contributed by atoms with Crippen LogP contribution in [-0.4, -0.2) is 29.1 Å². The minimum absolute atomic E-state index is 0.0872. The van der Waals surface area contributed by atoms with E-state index in [1.807, 2.05) is 0 Å². The maximum atomic E-state index is 13.2. The molecule has 7 nitrogen and oxygen atoms in total. The fourth-order valence-electron chi connectivity index (χ4n) is 3.53. The summed E-state index contributed by atoms with van der Waals surface area (Å²) in [4.78, 5) is 24.6. The summed E-state index contributed by atoms with van der Waals surface area (Å²) in [5.74, 6) is -1.68. The van der Waals surface area contributed by atoms with Crippen molar-refractivity contribution in [3.8, 4) is 17.0 Å². The summed E-state index contributed by atoms with van der Waals surface area (Å²) in [5, 5.41) is 6.67. The lowest BCUT2D eigenvalue weighted by Gasteiger charge is -2.12. The van der Waals surface area contributed by atoms with Crippen molar-refractivity contribution in [2.45, 2.75) is 18.5 Å². The van der Waals surface area contributed by atoms with Gasteiger partial charge in [0.15, 0.2) is 0 Å². The predicted molar refractivity (Wildman–Crippen MR) is 108 cm³/mol. The van der Waals surface area contributed by atoms with Crippen LogP contribution in [0.4, 0.5) is 13.2 Å². The molecule has 1 aromatic heterocycles. The van der Waals surface area contributed by atoms with Crippen molar-refractivity contribution in [3.63, 3.8) is 0 Å². The Kier molecular flexibility index (Phi) is 5.60. The lowest BCUT2D eigenvalue weighted by molar-refractivity contribution is -0.138. The van der Waals surface area contributed by atoms with Gasteiger partial charge in [-0.15, -0.1) is 0 Å². The number of aromatic amines is 1. The number of aromatic nitrogens is 2. The van der Waals surface area contributed by atoms with Gasteiger partial charge in [0, 0.05) is 11.5 Å². The van der Waals surface area contributed by atoms with Gasteiger partial charge in [0.05, 0.1) is 18.4 Å². The van der Waals surface area contributed by atoms with E-state index in [0.717, 1.165) is 11.6 Å². The number of halogens is 3. The Bertz CT molecular complexity index is 1140. The minimum atomic E-state index is -4.49. The molecule has 0 radical (unpaired) electrons. The third-order valence-electron chi connectivity index (χ3n) is 5.30. The Balaban J connectivity index is 1.35. The van der Waals surface area contributed by atoms with E-state index in [2.05, 4.69) is 21.0 Å². The van der Waals surface area contributed by atoms with Crippen LogP contribution in [0.15, 0.2) is 54.6 Å². The smallest absolute Gasteiger partial charge is 0.416 e. The monoisotopic (exact) mass is 444 g/mol. The van der Waals surface area contributed by atoms with E-state index in [-0.39, 0.29) is 17.7 Å². The summed E-state index contributed by atoms with van der Waals surface area (Å²) < 4.78 is 44.7. The largest absolute Gasteiger partial charge is 0.497 e. The highest BCUT2D eigenvalue weighted by Crippen LogP contribution is 2.50. The highest BCUT2D eigenvalue weighted by Gasteiger charge is 2.48. The number of hydrazine groups is 1. The summed E-state index contributed by atoms with van der Waals surface area (Å²) in [7, 11) is 1.55. The number of hydrogen-bond acceptors (Lipinski definition) is 4. The number of ether oxygens (including phenoxy) is 1. The second-order valence-electron chi connectivity index (χ2n) is 7.37. The molecule has 1 aliphatic rings. The van der Waals surface area contributed by atoms with Crippen LogP contribution in [0.5, 0.6) is 5.75 Å². The number of benzene rings is 2. The summed E-state index contributed by atoms with van der Waals surface area (Å²) in [6.45, 7) is 0. The molecule has 3 N–H and O–H groups in total. The number of nitrogens with one attached hydrogen (secondary N) is 3. The summed E-state index contributed by atoms with van der Waals surface area (Å²) in [6.07, 6.45) is -4.21. The van der Waals surface area contributed by atoms with Gasteiger partial charge in [0.25, 0.3) is 5.91 Å². The minimum Gasteiger partial charge on any atom is -0.497 e. The molecule has 3 aromatic rings. The number of hydrogen-bond donors (Lipinski definition) is 3. The Labute approximate surface area is 180 Å². The van der Waals surface area contributed by atoms with Crippen LogP contribution >= 0.6 is 0 Å². The second kappa shape index (κ2) is 8.37. The molecule has 2 atom stereocenters. The predicted octanol–water partition coefficient (Wildman–Crippen LogP) is 3.67. The molecule has 0 saturated heterocycles. The molecule has 1 fully saturated rings. The normalized spacial score (nSPS) is 17.5. The number of alkyl halides is 3. The molecular weight excluding hydrogens is 425 g/mol. The second-order valence-corrected chi connectivity index (χ2v) is 7.37. The Morgan fingerprint density at radius 1 is 1.09 bits per heavy atom. The first-order chi connectivity index (χ1) is 15.3. The number of carbonyl (C=O) groups is 2. The Morgan fingerprint density at radius 2 is 1.81 bits per heavy atom. The topological polar surface area (TPSA) is 96.1 Å². The molecule has 0 aliphatic heterocycles. The molecule has 2 aromatic carbocycles. The maximum Gasteiger partial charge on any atom is 0.416 e. The molecule has 2 amide bonds. The van der Waals surface area contributed by atoms with E-state index >= 15 is 0 Å². The van der Waals surface area contributed by atoms with Gasteiger partial charge >= 0.3 is 6.18 Å². The summed E-state index contributed by atoms with van der Waals surface area (Å²) >= 11 is 0. The fourth-order valence-corrected chi connectivity index (χ4v) is 3.53. The van der Waals surface area contributed by atoms with Crippen molar-refractivity contribution < 1.29 is 27.5 Å². The number of H-pyrrole nitrogens is 1. The first-order valence-electron chi connectivity index (χ1n) is 9.74. The molecule has 4 rings (SSSR count). The first kappa shape index (κ1) is 21.4. The van der Waals surface area contributed by atoms with Gasteiger partial charge in [-0.1, -0.05) is 18.2 Å². The van der Waals surface area contributed by atoms with E-state index in [4.69, 9.17) is 4.74 Å². The number of rotatable bonds is 5. The van der Waals surface area contributed by atoms with Crippen molar-refractivity contribution >= 4 is 11.8 Å². The van der Waals surface area contributed by atoms with Gasteiger partial charge in [-0.3, -0.25) is 25.5 Å². The average molecular weight is 444 g/mol. The summed E-state index contributed by atoms with van der Waals surface area (Å²) in [5.41, 5.74) is 5.29. The van der Waals surface area contributed by atoms with Crippen molar-refractivity contribution in [1.82, 2.24) is 21.0 Å². The van der Waals surface area contributed by atoms with Crippen LogP contribution in [0.3, 0.4) is 0 Å². The Hall–Kier alpha value is -3.82. The van der Waals surface area contributed by atoms with Crippen LogP contribution in [0.1, 0.15) is 34.0 Å². The first-order valence-corrected chi connectivity index (χ1v) is 9.74. The van der Waals surface area contributed by atoms with Gasteiger partial charge in [-0.05, 0) is 54.3 Å². The molecule has 1 heterocycles. The summed E-state index contributed by atoms with van der Waals surface area (Å²) in [6, 6.07) is 13.8. The van der Waals surface area contributed by atoms with Gasteiger partial charge in [-0.2, -0.15) is 18.3 Å². The van der Waals surface area contributed by atoms with Crippen molar-refractivity contribution in [2.24, 2.45) is 5.92 Å². The average Bonchev–Trinajstić information content (AvgIpc) is 3.44. The molecule has 1 aliphatic carbocycles. The molecule has 10 heteroatoms. The van der Waals surface area contributed by atoms with Crippen LogP contribution in [0.25, 0.3) is 11.3 Å². The van der Waals surface area contributed by atoms with Gasteiger partial charge in [0.2, 0.25) is 5.91 Å². The highest BCUT2D eigenvalue weighted by molar-refractivity contribution is 5.95. The van der Waals surface area contributed by atoms with Crippen LogP contribution in [0.2, 0.25) is 0 Å². The van der Waals surface area contributed by atoms with Gasteiger partial charge in [-0.25, -0.2) is 0 Å². The maximum absolute atomic E-state index is 13.2. The molecule has 0 bridgehead atoms. The quantitative estimate of drug-likeness (QED) is 0.524. The Morgan fingerprint density at radius 3 is 2.50 bits per heavy atom. The zero-order valence-electron chi connectivity index (χ0n) is 16.9. The number of nitrogens with zero attached hydrogens (tertiary/aromatic N) is 1. The van der Waals surface area contributed by atoms with Gasteiger partial charge < -0.3 is 4.74 Å². The van der Waals surface area contributed by atoms with E-state index in [1.165, 1.54) is 24.3 Å². The van der Waals surface area contributed by atoms with Crippen LogP contribution in [-0.2, 0) is 11.0 Å². The highest BCUT2D eigenvalue weighted by atomic mass is 19.4. The molecule has 1 saturated carbocycles. The standard InChI is InChI=1S/C22H19F3N4O3/c1-32-13-8-6-12(7-9-13)18-11-19(27-26-18)21(31)29-28-20(30)16-10-15(16)14-4-2-3-5-17(14)22(23,24)25/h2-9,11,15-16H,10H2,1H3,(H,26,27)(H,28,30)(H,29,31). The van der Waals surface area contributed by atoms with Crippen molar-refractivity contribution in [3.05, 3.63) is 71.4 Å². The number of carbonyl (C=O) groups excluding carboxylic acids is 2. The molecule has 0 spiro atoms. The molecule has 2 unspecified atom stereocenters. The van der Waals surface area contributed by atoms with E-state index in [1.54, 1.807) is 31.4 Å². The van der Waals surface area contributed by atoms with Crippen molar-refractivity contribution in [2.75, 3.05) is 7.11 Å². The third kappa shape index (κ3) is 4.43. The fraction of sp³-hybridized carbons (Fsp3) is 0.227. The van der Waals surface area contributed by atoms with E-state index < -0.39 is 35.4 Å². The third-order valence-corrected chi connectivity index (χ3v) is 5.30. The van der Waals surface area contributed by atoms with E-state index in [0.29, 0.717) is 11.4 Å². The van der Waals surface area contributed by atoms with E-state index in [9.17, 15) is 22.8 Å². The molecular formula is C22H19F3N4O3. The van der Waals surface area contributed by atoms with Gasteiger partial charge in [0.1, 0.15) is 11.4 Å². The van der Waals surface area contributed by atoms with Crippen LogP contribution < -0.4 is 15.6 Å².